The highest BCUT2D eigenvalue weighted by Crippen LogP contribution is 2.23. The summed E-state index contributed by atoms with van der Waals surface area (Å²) < 4.78 is 10.5. The number of hydrogen-bond donors (Lipinski definition) is 1. The zero-order valence-corrected chi connectivity index (χ0v) is 11.9. The van der Waals surface area contributed by atoms with Gasteiger partial charge in [-0.05, 0) is 32.0 Å². The number of aliphatic carboxylic acids is 1. The van der Waals surface area contributed by atoms with E-state index in [-0.39, 0.29) is 12.6 Å². The Morgan fingerprint density at radius 3 is 2.47 bits per heavy atom. The molecule has 1 atom stereocenters. The molecule has 0 saturated carbocycles. The van der Waals surface area contributed by atoms with Gasteiger partial charge < -0.3 is 24.3 Å². The maximum atomic E-state index is 10.8. The molecule has 0 saturated heterocycles. The first kappa shape index (κ1) is 15.3. The number of nitrogens with one attached hydrogen (secondary N) is 1. The van der Waals surface area contributed by atoms with Crippen LogP contribution in [-0.2, 0) is 11.3 Å². The zero-order chi connectivity index (χ0) is 14.4. The van der Waals surface area contributed by atoms with Crippen molar-refractivity contribution in [3.8, 4) is 11.5 Å². The Labute approximate surface area is 113 Å². The van der Waals surface area contributed by atoms with Gasteiger partial charge in [0.05, 0.1) is 31.8 Å². The first-order valence-electron chi connectivity index (χ1n) is 6.23. The monoisotopic (exact) mass is 267 g/mol. The number of rotatable bonds is 7. The highest BCUT2D eigenvalue weighted by atomic mass is 16.5. The number of carbonyl (C=O) groups is 1. The molecule has 1 aromatic rings. The van der Waals surface area contributed by atoms with Crippen LogP contribution < -0.4 is 19.5 Å². The molecule has 0 spiro atoms. The summed E-state index contributed by atoms with van der Waals surface area (Å²) in [7, 11) is 3.19. The minimum absolute atomic E-state index is 0.0297. The maximum absolute atomic E-state index is 10.8. The third-order valence-electron chi connectivity index (χ3n) is 3.09. The zero-order valence-electron chi connectivity index (χ0n) is 11.9. The van der Waals surface area contributed by atoms with Gasteiger partial charge in [0.1, 0.15) is 24.6 Å². The van der Waals surface area contributed by atoms with E-state index in [2.05, 4.69) is 0 Å². The minimum atomic E-state index is -1.05. The summed E-state index contributed by atoms with van der Waals surface area (Å²) in [6.07, 6.45) is 0. The van der Waals surface area contributed by atoms with Gasteiger partial charge in [-0.25, -0.2) is 0 Å². The molecular formula is C14H21NO4. The number of methoxy groups -OCH3 is 2. The Morgan fingerprint density at radius 2 is 2.00 bits per heavy atom. The Balaban J connectivity index is 2.96. The molecule has 0 aliphatic carbocycles. The van der Waals surface area contributed by atoms with Crippen LogP contribution in [0.5, 0.6) is 11.5 Å². The second kappa shape index (κ2) is 6.99. The third-order valence-corrected chi connectivity index (χ3v) is 3.09. The van der Waals surface area contributed by atoms with Crippen LogP contribution in [0.2, 0.25) is 0 Å². The number of carboxylic acids is 1. The van der Waals surface area contributed by atoms with E-state index < -0.39 is 5.97 Å². The van der Waals surface area contributed by atoms with Crippen LogP contribution in [0, 0.1) is 0 Å². The molecule has 1 aromatic carbocycles. The van der Waals surface area contributed by atoms with Gasteiger partial charge in [-0.1, -0.05) is 0 Å². The standard InChI is InChI=1S/C14H21NO4/c1-10(2)15(9-14(16)17)8-11-7-12(18-3)5-6-13(11)19-4/h5-7,10H,8-9H2,1-4H3,(H,16,17). The highest BCUT2D eigenvalue weighted by molar-refractivity contribution is 5.65. The number of ether oxygens (including phenoxy) is 2. The summed E-state index contributed by atoms with van der Waals surface area (Å²) in [5.74, 6) is 0.412. The molecule has 106 valence electrons. The van der Waals surface area contributed by atoms with Gasteiger partial charge in [-0.3, -0.25) is 0 Å². The summed E-state index contributed by atoms with van der Waals surface area (Å²) in [5, 5.41) is 10.8. The normalized spacial score (nSPS) is 12.3. The van der Waals surface area contributed by atoms with Gasteiger partial charge in [0, 0.05) is 0 Å². The van der Waals surface area contributed by atoms with Gasteiger partial charge in [0.15, 0.2) is 0 Å². The molecule has 0 aromatic heterocycles. The Kier molecular flexibility index (Phi) is 5.63. The van der Waals surface area contributed by atoms with Crippen LogP contribution in [0.25, 0.3) is 0 Å². The quantitative estimate of drug-likeness (QED) is 0.706. The van der Waals surface area contributed by atoms with E-state index in [1.54, 1.807) is 14.2 Å². The Hall–Kier alpha value is -1.75. The number of carboxylic acid groups (broad SMARTS) is 1. The van der Waals surface area contributed by atoms with Gasteiger partial charge in [0.25, 0.3) is 0 Å². The second-order valence-electron chi connectivity index (χ2n) is 4.72. The SMILES string of the molecule is COc1ccc(OC)c(C[NH+](CC(=O)[O-])C(C)C)c1. The molecule has 5 heteroatoms. The van der Waals surface area contributed by atoms with Gasteiger partial charge in [-0.15, -0.1) is 0 Å². The third kappa shape index (κ3) is 4.44. The lowest BCUT2D eigenvalue weighted by Gasteiger charge is -2.24. The van der Waals surface area contributed by atoms with Gasteiger partial charge in [0.2, 0.25) is 0 Å². The predicted molar refractivity (Wildman–Crippen MR) is 69.2 cm³/mol. The number of carbonyl (C=O) groups excluding carboxylic acids is 1. The van der Waals surface area contributed by atoms with E-state index in [9.17, 15) is 9.90 Å². The number of hydrogen-bond acceptors (Lipinski definition) is 4. The summed E-state index contributed by atoms with van der Waals surface area (Å²) in [4.78, 5) is 11.7. The van der Waals surface area contributed by atoms with Crippen LogP contribution in [0.3, 0.4) is 0 Å². The van der Waals surface area contributed by atoms with Crippen LogP contribution in [-0.4, -0.2) is 32.8 Å². The number of quaternary nitrogens is 1. The van der Waals surface area contributed by atoms with E-state index in [1.165, 1.54) is 0 Å². The van der Waals surface area contributed by atoms with Crippen molar-refractivity contribution in [2.45, 2.75) is 26.4 Å². The Morgan fingerprint density at radius 1 is 1.32 bits per heavy atom. The summed E-state index contributed by atoms with van der Waals surface area (Å²) in [6, 6.07) is 5.69. The molecule has 0 heterocycles. The molecule has 0 aliphatic rings. The molecule has 19 heavy (non-hydrogen) atoms. The van der Waals surface area contributed by atoms with Crippen LogP contribution >= 0.6 is 0 Å². The molecule has 5 nitrogen and oxygen atoms in total. The van der Waals surface area contributed by atoms with E-state index in [4.69, 9.17) is 9.47 Å². The van der Waals surface area contributed by atoms with Crippen molar-refractivity contribution in [1.82, 2.24) is 0 Å². The molecule has 0 radical (unpaired) electrons. The van der Waals surface area contributed by atoms with Crippen molar-refractivity contribution in [2.24, 2.45) is 0 Å². The molecule has 1 N–H and O–H groups in total. The predicted octanol–water partition coefficient (Wildman–Crippen LogP) is -0.753. The van der Waals surface area contributed by atoms with Crippen molar-refractivity contribution in [3.05, 3.63) is 23.8 Å². The van der Waals surface area contributed by atoms with Gasteiger partial charge >= 0.3 is 0 Å². The fourth-order valence-corrected chi connectivity index (χ4v) is 1.92. The summed E-state index contributed by atoms with van der Waals surface area (Å²) in [6.45, 7) is 4.47. The molecule has 0 aliphatic heterocycles. The fraction of sp³-hybridized carbons (Fsp3) is 0.500. The van der Waals surface area contributed by atoms with Crippen molar-refractivity contribution in [2.75, 3.05) is 20.8 Å². The van der Waals surface area contributed by atoms with Crippen LogP contribution in [0.1, 0.15) is 19.4 Å². The first-order valence-corrected chi connectivity index (χ1v) is 6.23. The molecule has 0 fully saturated rings. The minimum Gasteiger partial charge on any atom is -0.544 e. The number of benzene rings is 1. The van der Waals surface area contributed by atoms with E-state index in [0.29, 0.717) is 6.54 Å². The molecule has 1 unspecified atom stereocenters. The van der Waals surface area contributed by atoms with E-state index in [0.717, 1.165) is 22.0 Å². The van der Waals surface area contributed by atoms with Crippen molar-refractivity contribution < 1.29 is 24.3 Å². The molecular weight excluding hydrogens is 246 g/mol. The van der Waals surface area contributed by atoms with Crippen LogP contribution in [0.4, 0.5) is 0 Å². The second-order valence-corrected chi connectivity index (χ2v) is 4.72. The van der Waals surface area contributed by atoms with E-state index in [1.807, 2.05) is 32.0 Å². The lowest BCUT2D eigenvalue weighted by Crippen LogP contribution is -3.15. The average molecular weight is 267 g/mol. The van der Waals surface area contributed by atoms with Gasteiger partial charge in [-0.2, -0.15) is 0 Å². The van der Waals surface area contributed by atoms with E-state index >= 15 is 0 Å². The largest absolute Gasteiger partial charge is 0.544 e. The van der Waals surface area contributed by atoms with Crippen molar-refractivity contribution in [1.29, 1.82) is 0 Å². The Bertz CT molecular complexity index is 431. The lowest BCUT2D eigenvalue weighted by atomic mass is 10.1. The van der Waals surface area contributed by atoms with Crippen molar-refractivity contribution in [3.63, 3.8) is 0 Å². The average Bonchev–Trinajstić information content (AvgIpc) is 2.37. The summed E-state index contributed by atoms with van der Waals surface area (Å²) >= 11 is 0. The first-order chi connectivity index (χ1) is 8.97. The fourth-order valence-electron chi connectivity index (χ4n) is 1.92. The van der Waals surface area contributed by atoms with Crippen molar-refractivity contribution >= 4 is 5.97 Å². The molecule has 0 amide bonds. The lowest BCUT2D eigenvalue weighted by molar-refractivity contribution is -0.929. The molecule has 0 bridgehead atoms. The van der Waals surface area contributed by atoms with Crippen LogP contribution in [0.15, 0.2) is 18.2 Å². The maximum Gasteiger partial charge on any atom is 0.127 e. The molecule has 1 rings (SSSR count). The smallest absolute Gasteiger partial charge is 0.127 e. The highest BCUT2D eigenvalue weighted by Gasteiger charge is 2.17. The summed E-state index contributed by atoms with van der Waals surface area (Å²) in [5.41, 5.74) is 0.923. The topological polar surface area (TPSA) is 63.0 Å².